The Morgan fingerprint density at radius 2 is 0.871 bits per heavy atom. The molecule has 1 atom stereocenters. The summed E-state index contributed by atoms with van der Waals surface area (Å²) in [4.78, 5) is 0. The summed E-state index contributed by atoms with van der Waals surface area (Å²) in [6, 6.07) is 81.1. The van der Waals surface area contributed by atoms with Crippen LogP contribution >= 0.6 is 0 Å². The van der Waals surface area contributed by atoms with E-state index in [-0.39, 0.29) is 11.3 Å². The molecule has 9 aromatic carbocycles. The minimum absolute atomic E-state index is 0.254. The lowest BCUT2D eigenvalue weighted by Gasteiger charge is -2.33. The number of aryl methyl sites for hydroxylation is 2. The van der Waals surface area contributed by atoms with E-state index in [9.17, 15) is 0 Å². The van der Waals surface area contributed by atoms with Crippen molar-refractivity contribution in [3.05, 3.63) is 281 Å². The molecule has 0 spiro atoms. The summed E-state index contributed by atoms with van der Waals surface area (Å²) in [5.74, 6) is 0.271. The third-order valence-corrected chi connectivity index (χ3v) is 13.0. The van der Waals surface area contributed by atoms with Crippen LogP contribution in [0, 0.1) is 0 Å². The molecule has 2 aliphatic carbocycles. The van der Waals surface area contributed by atoms with Crippen LogP contribution in [0.1, 0.15) is 97.5 Å². The molecule has 70 heavy (non-hydrogen) atoms. The number of aliphatic hydroxyl groups is 2. The van der Waals surface area contributed by atoms with Gasteiger partial charge in [0.15, 0.2) is 5.71 Å². The largest absolute Gasteiger partial charge is 0.400 e. The second-order valence-electron chi connectivity index (χ2n) is 16.3. The molecular formula is C67H70NO2+. The predicted octanol–water partition coefficient (Wildman–Crippen LogP) is 16.4. The van der Waals surface area contributed by atoms with Gasteiger partial charge in [-0.1, -0.05) is 242 Å². The topological polar surface area (TPSA) is 43.5 Å². The molecule has 3 heteroatoms. The van der Waals surface area contributed by atoms with E-state index in [0.717, 1.165) is 27.1 Å². The summed E-state index contributed by atoms with van der Waals surface area (Å²) in [6.45, 7) is 12.4. The summed E-state index contributed by atoms with van der Waals surface area (Å²) in [7, 11) is 2.00. The van der Waals surface area contributed by atoms with Gasteiger partial charge in [0.25, 0.3) is 0 Å². The number of aliphatic hydroxyl groups excluding tert-OH is 2. The smallest absolute Gasteiger partial charge is 0.216 e. The van der Waals surface area contributed by atoms with E-state index in [0.29, 0.717) is 0 Å². The van der Waals surface area contributed by atoms with E-state index in [1.54, 1.807) is 0 Å². The number of nitrogens with zero attached hydrogens (tertiary/aromatic N) is 1. The van der Waals surface area contributed by atoms with Crippen molar-refractivity contribution in [2.24, 2.45) is 0 Å². The number of benzene rings is 9. The van der Waals surface area contributed by atoms with Crippen LogP contribution in [0.3, 0.4) is 0 Å². The van der Waals surface area contributed by atoms with Gasteiger partial charge in [0, 0.05) is 38.5 Å². The summed E-state index contributed by atoms with van der Waals surface area (Å²) in [6.07, 6.45) is 6.84. The predicted molar refractivity (Wildman–Crippen MR) is 302 cm³/mol. The van der Waals surface area contributed by atoms with Crippen LogP contribution in [-0.2, 0) is 18.3 Å². The fraction of sp³-hybridized carbons (Fsp3) is 0.179. The van der Waals surface area contributed by atoms with Gasteiger partial charge in [0.2, 0.25) is 11.4 Å². The van der Waals surface area contributed by atoms with Crippen molar-refractivity contribution in [1.82, 2.24) is 4.58 Å². The van der Waals surface area contributed by atoms with E-state index in [4.69, 9.17) is 10.2 Å². The Balaban J connectivity index is 0.000000173. The Bertz CT molecular complexity index is 2970. The first-order valence-corrected chi connectivity index (χ1v) is 25.0. The van der Waals surface area contributed by atoms with Gasteiger partial charge in [0.05, 0.1) is 11.0 Å². The van der Waals surface area contributed by atoms with Gasteiger partial charge in [-0.15, -0.1) is 0 Å². The van der Waals surface area contributed by atoms with Crippen LogP contribution in [0.5, 0.6) is 0 Å². The number of fused-ring (bicyclic) bond motifs is 10. The van der Waals surface area contributed by atoms with Crippen molar-refractivity contribution in [1.29, 1.82) is 0 Å². The molecule has 2 N–H and O–H groups in total. The van der Waals surface area contributed by atoms with E-state index in [1.807, 2.05) is 27.7 Å². The quantitative estimate of drug-likeness (QED) is 0.169. The third-order valence-electron chi connectivity index (χ3n) is 13.0. The van der Waals surface area contributed by atoms with Crippen LogP contribution in [0.25, 0.3) is 28.0 Å². The molecule has 1 aliphatic heterocycles. The average molecular weight is 921 g/mol. The molecule has 3 aliphatic rings. The SMILES string of the molecule is C1=Cc2ccccc2C2C1=[N+](c1ccccc1)c1ccc3ccccc3c12.CC.CC.CCc1ccc(CC)cc1.CO.CO.c1ccc(C2(c3ccccc3)c3ccccc3-c3ccccc32)cc1. The highest BCUT2D eigenvalue weighted by Gasteiger charge is 2.46. The summed E-state index contributed by atoms with van der Waals surface area (Å²) >= 11 is 0. The Hall–Kier alpha value is -7.43. The Kier molecular flexibility index (Phi) is 19.1. The van der Waals surface area contributed by atoms with Gasteiger partial charge in [-0.05, 0) is 91.4 Å². The van der Waals surface area contributed by atoms with E-state index in [1.165, 1.54) is 89.1 Å². The van der Waals surface area contributed by atoms with Gasteiger partial charge in [-0.2, -0.15) is 4.58 Å². The minimum Gasteiger partial charge on any atom is -0.400 e. The van der Waals surface area contributed by atoms with Crippen molar-refractivity contribution in [2.45, 2.75) is 65.7 Å². The zero-order valence-electron chi connectivity index (χ0n) is 42.3. The second kappa shape index (κ2) is 25.8. The first kappa shape index (κ1) is 52.0. The molecule has 9 aromatic rings. The maximum Gasteiger partial charge on any atom is 0.216 e. The molecule has 3 nitrogen and oxygen atoms in total. The highest BCUT2D eigenvalue weighted by molar-refractivity contribution is 6.16. The van der Waals surface area contributed by atoms with Crippen LogP contribution in [0.2, 0.25) is 0 Å². The van der Waals surface area contributed by atoms with E-state index < -0.39 is 0 Å². The molecule has 0 radical (unpaired) electrons. The van der Waals surface area contributed by atoms with Crippen LogP contribution in [-0.4, -0.2) is 30.1 Å². The van der Waals surface area contributed by atoms with Gasteiger partial charge in [-0.3, -0.25) is 0 Å². The van der Waals surface area contributed by atoms with Crippen LogP contribution < -0.4 is 4.58 Å². The number of allylic oxidation sites excluding steroid dienone is 1. The zero-order valence-corrected chi connectivity index (χ0v) is 42.3. The molecule has 0 saturated heterocycles. The molecule has 0 saturated carbocycles. The summed E-state index contributed by atoms with van der Waals surface area (Å²) in [5, 5.41) is 16.7. The van der Waals surface area contributed by atoms with Crippen molar-refractivity contribution in [2.75, 3.05) is 14.2 Å². The fourth-order valence-electron chi connectivity index (χ4n) is 10.1. The summed E-state index contributed by atoms with van der Waals surface area (Å²) in [5.41, 5.74) is 18.6. The van der Waals surface area contributed by atoms with Gasteiger partial charge >= 0.3 is 0 Å². The molecule has 354 valence electrons. The normalized spacial score (nSPS) is 13.3. The monoisotopic (exact) mass is 921 g/mol. The number of para-hydroxylation sites is 1. The molecule has 0 fully saturated rings. The van der Waals surface area contributed by atoms with E-state index in [2.05, 4.69) is 255 Å². The Labute approximate surface area is 418 Å². The number of rotatable bonds is 5. The molecule has 0 aromatic heterocycles. The lowest BCUT2D eigenvalue weighted by Crippen LogP contribution is -2.28. The van der Waals surface area contributed by atoms with Gasteiger partial charge in [0.1, 0.15) is 5.92 Å². The van der Waals surface area contributed by atoms with Crippen LogP contribution in [0.4, 0.5) is 11.4 Å². The maximum atomic E-state index is 7.00. The summed E-state index contributed by atoms with van der Waals surface area (Å²) < 4.78 is 2.43. The standard InChI is InChI=1S/C26H18N.C25H18.C10H14.2C2H6.2CH4O/c1-2-10-20(11-3-1)27-23-16-14-18-8-4-6-12-21(18)25(23)26-22-13-7-5-9-19(22)15-17-24(26)27;1-3-11-19(12-4-1)25(20-13-5-2-6-14-20)23-17-9-7-15-21(23)22-16-8-10-18-24(22)25;1-3-9-5-7-10(4-2)8-6-9;4*1-2/h1-17,25H;1-18H;5-8H,3-4H2,1-2H3;2*1-2H3;2*2H,1H3/q+1;;;;;;. The Morgan fingerprint density at radius 1 is 0.429 bits per heavy atom. The number of hydrogen-bond donors (Lipinski definition) is 2. The van der Waals surface area contributed by atoms with Crippen molar-refractivity contribution >= 4 is 33.9 Å². The maximum absolute atomic E-state index is 7.00. The second-order valence-corrected chi connectivity index (χ2v) is 16.3. The molecule has 12 rings (SSSR count). The van der Waals surface area contributed by atoms with Crippen molar-refractivity contribution in [3.63, 3.8) is 0 Å². The average Bonchev–Trinajstić information content (AvgIpc) is 3.98. The highest BCUT2D eigenvalue weighted by atomic mass is 16.2. The first-order valence-electron chi connectivity index (χ1n) is 25.0. The Morgan fingerprint density at radius 3 is 1.40 bits per heavy atom. The zero-order chi connectivity index (χ0) is 49.9. The molecule has 0 bridgehead atoms. The molecule has 1 heterocycles. The van der Waals surface area contributed by atoms with Gasteiger partial charge < -0.3 is 10.2 Å². The van der Waals surface area contributed by atoms with Crippen LogP contribution in [0.15, 0.2) is 231 Å². The molecular weight excluding hydrogens is 851 g/mol. The van der Waals surface area contributed by atoms with Gasteiger partial charge in [-0.25, -0.2) is 0 Å². The van der Waals surface area contributed by atoms with Crippen molar-refractivity contribution < 1.29 is 10.2 Å². The first-order chi connectivity index (χ1) is 34.7. The highest BCUT2D eigenvalue weighted by Crippen LogP contribution is 2.56. The minimum atomic E-state index is -0.254. The van der Waals surface area contributed by atoms with Crippen molar-refractivity contribution in [3.8, 4) is 11.1 Å². The van der Waals surface area contributed by atoms with E-state index >= 15 is 0 Å². The number of hydrogen-bond acceptors (Lipinski definition) is 2. The lowest BCUT2D eigenvalue weighted by molar-refractivity contribution is 0.399. The fourth-order valence-corrected chi connectivity index (χ4v) is 10.1. The lowest BCUT2D eigenvalue weighted by atomic mass is 9.68. The molecule has 0 amide bonds. The third kappa shape index (κ3) is 10.3. The molecule has 1 unspecified atom stereocenters.